The van der Waals surface area contributed by atoms with Gasteiger partial charge in [-0.2, -0.15) is 4.31 Å². The van der Waals surface area contributed by atoms with Crippen LogP contribution in [0.4, 0.5) is 0 Å². The third kappa shape index (κ3) is 3.75. The SMILES string of the molecule is CC(C)[C@H](C)N(C1CC1)S(=O)(=O)c1cccc(C(=O)N2CCCC2)c1. The first-order valence-corrected chi connectivity index (χ1v) is 10.7. The first-order valence-electron chi connectivity index (χ1n) is 9.25. The molecule has 1 aromatic carbocycles. The van der Waals surface area contributed by atoms with E-state index >= 15 is 0 Å². The van der Waals surface area contributed by atoms with Crippen LogP contribution in [0.1, 0.15) is 56.8 Å². The molecule has 1 amide bonds. The quantitative estimate of drug-likeness (QED) is 0.779. The summed E-state index contributed by atoms with van der Waals surface area (Å²) < 4.78 is 28.2. The Morgan fingerprint density at radius 2 is 1.80 bits per heavy atom. The van der Waals surface area contributed by atoms with Crippen LogP contribution in [-0.2, 0) is 10.0 Å². The minimum Gasteiger partial charge on any atom is -0.339 e. The Hall–Kier alpha value is -1.40. The second-order valence-electron chi connectivity index (χ2n) is 7.58. The number of nitrogens with zero attached hydrogens (tertiary/aromatic N) is 2. The van der Waals surface area contributed by atoms with Crippen LogP contribution in [-0.4, -0.2) is 48.7 Å². The Morgan fingerprint density at radius 1 is 1.16 bits per heavy atom. The highest BCUT2D eigenvalue weighted by atomic mass is 32.2. The third-order valence-electron chi connectivity index (χ3n) is 5.32. The molecule has 0 spiro atoms. The average molecular weight is 365 g/mol. The predicted molar refractivity (Wildman–Crippen MR) is 97.9 cm³/mol. The molecule has 1 aromatic rings. The van der Waals surface area contributed by atoms with Crippen LogP contribution >= 0.6 is 0 Å². The summed E-state index contributed by atoms with van der Waals surface area (Å²) in [6, 6.07) is 6.60. The van der Waals surface area contributed by atoms with Crippen molar-refractivity contribution >= 4 is 15.9 Å². The zero-order valence-electron chi connectivity index (χ0n) is 15.3. The number of benzene rings is 1. The maximum Gasteiger partial charge on any atom is 0.253 e. The second-order valence-corrected chi connectivity index (χ2v) is 9.42. The van der Waals surface area contributed by atoms with Gasteiger partial charge in [0.05, 0.1) is 4.90 Å². The van der Waals surface area contributed by atoms with E-state index in [1.807, 2.05) is 20.8 Å². The van der Waals surface area contributed by atoms with E-state index in [9.17, 15) is 13.2 Å². The van der Waals surface area contributed by atoms with E-state index in [0.717, 1.165) is 38.8 Å². The van der Waals surface area contributed by atoms with Crippen LogP contribution in [0.25, 0.3) is 0 Å². The molecule has 6 heteroatoms. The van der Waals surface area contributed by atoms with Gasteiger partial charge in [-0.05, 0) is 56.7 Å². The molecular weight excluding hydrogens is 336 g/mol. The number of rotatable bonds is 6. The van der Waals surface area contributed by atoms with Gasteiger partial charge in [0.2, 0.25) is 10.0 Å². The molecule has 2 aliphatic rings. The van der Waals surface area contributed by atoms with Gasteiger partial charge in [-0.25, -0.2) is 8.42 Å². The Morgan fingerprint density at radius 3 is 2.36 bits per heavy atom. The zero-order valence-corrected chi connectivity index (χ0v) is 16.1. The van der Waals surface area contributed by atoms with E-state index in [1.165, 1.54) is 0 Å². The van der Waals surface area contributed by atoms with E-state index in [-0.39, 0.29) is 28.8 Å². The normalized spacial score (nSPS) is 19.6. The lowest BCUT2D eigenvalue weighted by Crippen LogP contribution is -2.43. The first kappa shape index (κ1) is 18.4. The van der Waals surface area contributed by atoms with Crippen LogP contribution in [0.5, 0.6) is 0 Å². The van der Waals surface area contributed by atoms with Gasteiger partial charge in [0.15, 0.2) is 0 Å². The molecule has 1 saturated heterocycles. The summed E-state index contributed by atoms with van der Waals surface area (Å²) in [6.45, 7) is 7.58. The van der Waals surface area contributed by atoms with Crippen molar-refractivity contribution in [2.75, 3.05) is 13.1 Å². The van der Waals surface area contributed by atoms with Crippen molar-refractivity contribution < 1.29 is 13.2 Å². The highest BCUT2D eigenvalue weighted by molar-refractivity contribution is 7.89. The Balaban J connectivity index is 1.91. The van der Waals surface area contributed by atoms with Crippen molar-refractivity contribution in [3.8, 4) is 0 Å². The molecule has 0 aromatic heterocycles. The lowest BCUT2D eigenvalue weighted by Gasteiger charge is -2.31. The molecule has 0 radical (unpaired) electrons. The molecule has 0 bridgehead atoms. The van der Waals surface area contributed by atoms with E-state index < -0.39 is 10.0 Å². The minimum absolute atomic E-state index is 0.0598. The van der Waals surface area contributed by atoms with Crippen molar-refractivity contribution in [3.05, 3.63) is 29.8 Å². The van der Waals surface area contributed by atoms with E-state index in [4.69, 9.17) is 0 Å². The smallest absolute Gasteiger partial charge is 0.253 e. The van der Waals surface area contributed by atoms with E-state index in [1.54, 1.807) is 33.5 Å². The topological polar surface area (TPSA) is 57.7 Å². The summed E-state index contributed by atoms with van der Waals surface area (Å²) in [5.41, 5.74) is 0.468. The molecule has 1 saturated carbocycles. The summed E-state index contributed by atoms with van der Waals surface area (Å²) in [6.07, 6.45) is 3.88. The number of likely N-dealkylation sites (tertiary alicyclic amines) is 1. The molecule has 1 aliphatic heterocycles. The molecule has 1 atom stereocenters. The van der Waals surface area contributed by atoms with Crippen molar-refractivity contribution in [2.24, 2.45) is 5.92 Å². The lowest BCUT2D eigenvalue weighted by atomic mass is 10.1. The summed E-state index contributed by atoms with van der Waals surface area (Å²) in [5.74, 6) is 0.175. The third-order valence-corrected chi connectivity index (χ3v) is 7.36. The number of amides is 1. The first-order chi connectivity index (χ1) is 11.8. The Kier molecular flexibility index (Phi) is 5.21. The van der Waals surface area contributed by atoms with Gasteiger partial charge in [-0.3, -0.25) is 4.79 Å². The largest absolute Gasteiger partial charge is 0.339 e. The number of sulfonamides is 1. The maximum atomic E-state index is 13.3. The van der Waals surface area contributed by atoms with E-state index in [0.29, 0.717) is 5.56 Å². The van der Waals surface area contributed by atoms with Crippen LogP contribution in [0.3, 0.4) is 0 Å². The molecule has 0 unspecified atom stereocenters. The van der Waals surface area contributed by atoms with Crippen LogP contribution in [0.2, 0.25) is 0 Å². The summed E-state index contributed by atoms with van der Waals surface area (Å²) in [5, 5.41) is 0. The van der Waals surface area contributed by atoms with Gasteiger partial charge in [0.25, 0.3) is 5.91 Å². The Labute approximate surface area is 151 Å². The van der Waals surface area contributed by atoms with Gasteiger partial charge < -0.3 is 4.90 Å². The number of carbonyl (C=O) groups excluding carboxylic acids is 1. The average Bonchev–Trinajstić information content (AvgIpc) is 3.25. The molecule has 138 valence electrons. The number of hydrogen-bond acceptors (Lipinski definition) is 3. The number of hydrogen-bond donors (Lipinski definition) is 0. The summed E-state index contributed by atoms with van der Waals surface area (Å²) in [7, 11) is -3.60. The standard InChI is InChI=1S/C19H28N2O3S/c1-14(2)15(3)21(17-9-10-17)25(23,24)18-8-6-7-16(13-18)19(22)20-11-4-5-12-20/h6-8,13-15,17H,4-5,9-12H2,1-3H3/t15-/m0/s1. The van der Waals surface area contributed by atoms with Crippen molar-refractivity contribution in [2.45, 2.75) is 63.4 Å². The maximum absolute atomic E-state index is 13.3. The Bertz CT molecular complexity index is 735. The van der Waals surface area contributed by atoms with Gasteiger partial charge >= 0.3 is 0 Å². The molecular formula is C19H28N2O3S. The minimum atomic E-state index is -3.60. The molecule has 1 aliphatic carbocycles. The lowest BCUT2D eigenvalue weighted by molar-refractivity contribution is 0.0792. The monoisotopic (exact) mass is 364 g/mol. The van der Waals surface area contributed by atoms with Crippen molar-refractivity contribution in [1.82, 2.24) is 9.21 Å². The summed E-state index contributed by atoms with van der Waals surface area (Å²) >= 11 is 0. The summed E-state index contributed by atoms with van der Waals surface area (Å²) in [4.78, 5) is 14.6. The van der Waals surface area contributed by atoms with Crippen LogP contribution < -0.4 is 0 Å². The van der Waals surface area contributed by atoms with Gasteiger partial charge in [0.1, 0.15) is 0 Å². The fourth-order valence-electron chi connectivity index (χ4n) is 3.38. The fourth-order valence-corrected chi connectivity index (χ4v) is 5.44. The van der Waals surface area contributed by atoms with Gasteiger partial charge in [0, 0.05) is 30.7 Å². The van der Waals surface area contributed by atoms with Crippen LogP contribution in [0, 0.1) is 5.92 Å². The van der Waals surface area contributed by atoms with Crippen LogP contribution in [0.15, 0.2) is 29.2 Å². The molecule has 3 rings (SSSR count). The molecule has 1 heterocycles. The molecule has 25 heavy (non-hydrogen) atoms. The van der Waals surface area contributed by atoms with E-state index in [2.05, 4.69) is 0 Å². The second kappa shape index (κ2) is 7.08. The predicted octanol–water partition coefficient (Wildman–Crippen LogP) is 3.12. The van der Waals surface area contributed by atoms with Crippen molar-refractivity contribution in [3.63, 3.8) is 0 Å². The van der Waals surface area contributed by atoms with Gasteiger partial charge in [-0.15, -0.1) is 0 Å². The highest BCUT2D eigenvalue weighted by Crippen LogP contribution is 2.35. The van der Waals surface area contributed by atoms with Crippen molar-refractivity contribution in [1.29, 1.82) is 0 Å². The zero-order chi connectivity index (χ0) is 18.2. The molecule has 5 nitrogen and oxygen atoms in total. The molecule has 2 fully saturated rings. The highest BCUT2D eigenvalue weighted by Gasteiger charge is 2.42. The fraction of sp³-hybridized carbons (Fsp3) is 0.632. The van der Waals surface area contributed by atoms with Gasteiger partial charge in [-0.1, -0.05) is 19.9 Å². The molecule has 0 N–H and O–H groups in total. The number of carbonyl (C=O) groups is 1.